The van der Waals surface area contributed by atoms with Gasteiger partial charge in [0.1, 0.15) is 11.5 Å². The van der Waals surface area contributed by atoms with Crippen LogP contribution in [0.15, 0.2) is 132 Å². The standard InChI is InChI=1S/C43H43N5O6/c49-28-29-13-15-30(16-14-29)40-26-37(27-47-23-21-34(22-24-47)48-39-12-5-4-11-38(39)46-43(48)51)53-41(54-40)31-7-6-8-33(25-31)45-42(50)44-32-17-19-36(20-18-32)52-35-9-2-1-3-10-35/h1-20,25,34,37,40-41,49H,21-24,26-28H2,(H,46,51)(H2,44,45,50)/t37-,40+,41+/m0/s1. The molecule has 0 aliphatic carbocycles. The highest BCUT2D eigenvalue weighted by molar-refractivity contribution is 5.99. The molecule has 0 spiro atoms. The smallest absolute Gasteiger partial charge is 0.326 e. The summed E-state index contributed by atoms with van der Waals surface area (Å²) in [7, 11) is 0. The number of piperidine rings is 1. The van der Waals surface area contributed by atoms with Crippen LogP contribution < -0.4 is 21.1 Å². The molecule has 54 heavy (non-hydrogen) atoms. The highest BCUT2D eigenvalue weighted by atomic mass is 16.7. The van der Waals surface area contributed by atoms with E-state index in [2.05, 4.69) is 20.5 Å². The van der Waals surface area contributed by atoms with E-state index >= 15 is 0 Å². The van der Waals surface area contributed by atoms with E-state index in [0.29, 0.717) is 23.5 Å². The number of carbonyl (C=O) groups excluding carboxylic acids is 1. The lowest BCUT2D eigenvalue weighted by atomic mass is 9.98. The molecule has 276 valence electrons. The first kappa shape index (κ1) is 35.3. The molecule has 2 amide bonds. The van der Waals surface area contributed by atoms with E-state index in [0.717, 1.165) is 65.9 Å². The van der Waals surface area contributed by atoms with Crippen molar-refractivity contribution in [3.8, 4) is 11.5 Å². The number of amides is 2. The van der Waals surface area contributed by atoms with Gasteiger partial charge in [0.05, 0.1) is 29.8 Å². The normalized spacial score (nSPS) is 19.4. The minimum absolute atomic E-state index is 0.0256. The predicted molar refractivity (Wildman–Crippen MR) is 208 cm³/mol. The third-order valence-electron chi connectivity index (χ3n) is 10.1. The zero-order valence-electron chi connectivity index (χ0n) is 29.8. The number of aliphatic hydroxyl groups is 1. The maximum Gasteiger partial charge on any atom is 0.326 e. The number of aliphatic hydroxyl groups excluding tert-OH is 1. The molecule has 11 nitrogen and oxygen atoms in total. The van der Waals surface area contributed by atoms with Crippen molar-refractivity contribution >= 4 is 28.4 Å². The van der Waals surface area contributed by atoms with Gasteiger partial charge in [-0.25, -0.2) is 9.59 Å². The number of benzene rings is 5. The fraction of sp³-hybridized carbons (Fsp3) is 0.256. The number of likely N-dealkylation sites (tertiary alicyclic amines) is 1. The van der Waals surface area contributed by atoms with E-state index < -0.39 is 6.29 Å². The number of aromatic nitrogens is 2. The summed E-state index contributed by atoms with van der Waals surface area (Å²) in [5.74, 6) is 1.40. The van der Waals surface area contributed by atoms with Crippen LogP contribution >= 0.6 is 0 Å². The Balaban J connectivity index is 0.928. The van der Waals surface area contributed by atoms with Crippen molar-refractivity contribution in [2.75, 3.05) is 30.3 Å². The number of fused-ring (bicyclic) bond motifs is 1. The van der Waals surface area contributed by atoms with E-state index in [-0.39, 0.29) is 36.6 Å². The number of nitrogens with one attached hydrogen (secondary N) is 3. The first-order chi connectivity index (χ1) is 26.5. The SMILES string of the molecule is O=C(Nc1ccc(Oc2ccccc2)cc1)Nc1cccc([C@@H]2O[C@H](CN3CCC(n4c(=O)[nH]c5ccccc54)CC3)C[C@H](c3ccc(CO)cc3)O2)c1. The maximum absolute atomic E-state index is 13.0. The molecule has 5 aromatic carbocycles. The predicted octanol–water partition coefficient (Wildman–Crippen LogP) is 8.14. The Morgan fingerprint density at radius 1 is 0.778 bits per heavy atom. The van der Waals surface area contributed by atoms with Gasteiger partial charge in [0.15, 0.2) is 6.29 Å². The summed E-state index contributed by atoms with van der Waals surface area (Å²) in [4.78, 5) is 31.3. The number of carbonyl (C=O) groups is 1. The Hall–Kier alpha value is -5.72. The van der Waals surface area contributed by atoms with Crippen LogP contribution in [0, 0.1) is 0 Å². The number of H-pyrrole nitrogens is 1. The molecule has 2 aliphatic heterocycles. The van der Waals surface area contributed by atoms with Gasteiger partial charge in [0, 0.05) is 49.0 Å². The third kappa shape index (κ3) is 8.24. The number of rotatable bonds is 10. The van der Waals surface area contributed by atoms with Crippen molar-refractivity contribution < 1.29 is 24.1 Å². The second kappa shape index (κ2) is 16.1. The molecule has 4 N–H and O–H groups in total. The van der Waals surface area contributed by atoms with Crippen molar-refractivity contribution in [2.45, 2.75) is 50.4 Å². The van der Waals surface area contributed by atoms with Crippen LogP contribution in [-0.4, -0.2) is 51.3 Å². The molecule has 3 heterocycles. The first-order valence-corrected chi connectivity index (χ1v) is 18.4. The fourth-order valence-corrected chi connectivity index (χ4v) is 7.41. The van der Waals surface area contributed by atoms with Gasteiger partial charge in [-0.05, 0) is 84.6 Å². The van der Waals surface area contributed by atoms with Crippen molar-refractivity contribution in [1.29, 1.82) is 0 Å². The number of nitrogens with zero attached hydrogens (tertiary/aromatic N) is 2. The topological polar surface area (TPSA) is 130 Å². The molecule has 6 aromatic rings. The molecule has 0 unspecified atom stereocenters. The Bertz CT molecular complexity index is 2230. The van der Waals surface area contributed by atoms with Crippen molar-refractivity contribution in [3.05, 3.63) is 155 Å². The van der Waals surface area contributed by atoms with E-state index in [4.69, 9.17) is 14.2 Å². The molecule has 3 atom stereocenters. The van der Waals surface area contributed by atoms with E-state index in [1.165, 1.54) is 0 Å². The Morgan fingerprint density at radius 3 is 2.28 bits per heavy atom. The molecule has 2 fully saturated rings. The maximum atomic E-state index is 13.0. The summed E-state index contributed by atoms with van der Waals surface area (Å²) in [6.45, 7) is 2.38. The summed E-state index contributed by atoms with van der Waals surface area (Å²) >= 11 is 0. The van der Waals surface area contributed by atoms with E-state index in [1.54, 1.807) is 24.3 Å². The van der Waals surface area contributed by atoms with Crippen LogP contribution in [0.1, 0.15) is 54.4 Å². The highest BCUT2D eigenvalue weighted by Crippen LogP contribution is 2.39. The second-order valence-corrected chi connectivity index (χ2v) is 13.8. The number of ether oxygens (including phenoxy) is 3. The lowest BCUT2D eigenvalue weighted by Crippen LogP contribution is -2.43. The number of anilines is 2. The molecule has 1 aromatic heterocycles. The van der Waals surface area contributed by atoms with Crippen LogP contribution in [0.25, 0.3) is 11.0 Å². The molecule has 2 saturated heterocycles. The van der Waals surface area contributed by atoms with Gasteiger partial charge in [0.2, 0.25) is 0 Å². The largest absolute Gasteiger partial charge is 0.457 e. The quantitative estimate of drug-likeness (QED) is 0.112. The average Bonchev–Trinajstić information content (AvgIpc) is 3.55. The fourth-order valence-electron chi connectivity index (χ4n) is 7.41. The number of hydrogen-bond acceptors (Lipinski definition) is 7. The van der Waals surface area contributed by atoms with Crippen LogP contribution in [0.4, 0.5) is 16.2 Å². The number of para-hydroxylation sites is 3. The molecule has 0 saturated carbocycles. The monoisotopic (exact) mass is 725 g/mol. The Labute approximate surface area is 313 Å². The number of hydrogen-bond donors (Lipinski definition) is 4. The van der Waals surface area contributed by atoms with Crippen LogP contribution in [0.2, 0.25) is 0 Å². The summed E-state index contributed by atoms with van der Waals surface area (Å²) in [5.41, 5.74) is 5.61. The van der Waals surface area contributed by atoms with Gasteiger partial charge in [-0.15, -0.1) is 0 Å². The molecular weight excluding hydrogens is 683 g/mol. The lowest BCUT2D eigenvalue weighted by Gasteiger charge is -2.40. The zero-order chi connectivity index (χ0) is 36.9. The Morgan fingerprint density at radius 2 is 1.50 bits per heavy atom. The number of aromatic amines is 1. The van der Waals surface area contributed by atoms with Gasteiger partial charge in [-0.1, -0.05) is 66.7 Å². The summed E-state index contributed by atoms with van der Waals surface area (Å²) < 4.78 is 21.0. The number of imidazole rings is 1. The molecule has 2 aliphatic rings. The van der Waals surface area contributed by atoms with Crippen LogP contribution in [0.3, 0.4) is 0 Å². The van der Waals surface area contributed by atoms with E-state index in [9.17, 15) is 14.7 Å². The molecule has 11 heteroatoms. The zero-order valence-corrected chi connectivity index (χ0v) is 29.8. The molecule has 8 rings (SSSR count). The van der Waals surface area contributed by atoms with E-state index in [1.807, 2.05) is 108 Å². The minimum Gasteiger partial charge on any atom is -0.457 e. The second-order valence-electron chi connectivity index (χ2n) is 13.8. The van der Waals surface area contributed by atoms with Crippen molar-refractivity contribution in [1.82, 2.24) is 14.5 Å². The van der Waals surface area contributed by atoms with Crippen LogP contribution in [0.5, 0.6) is 11.5 Å². The van der Waals surface area contributed by atoms with Gasteiger partial charge < -0.3 is 39.8 Å². The first-order valence-electron chi connectivity index (χ1n) is 18.4. The molecule has 0 bridgehead atoms. The minimum atomic E-state index is -0.671. The van der Waals surface area contributed by atoms with Gasteiger partial charge >= 0.3 is 11.7 Å². The van der Waals surface area contributed by atoms with Crippen molar-refractivity contribution in [2.24, 2.45) is 0 Å². The summed E-state index contributed by atoms with van der Waals surface area (Å²) in [5, 5.41) is 15.4. The van der Waals surface area contributed by atoms with Gasteiger partial charge in [-0.2, -0.15) is 0 Å². The molecular formula is C43H43N5O6. The van der Waals surface area contributed by atoms with Gasteiger partial charge in [0.25, 0.3) is 0 Å². The molecule has 0 radical (unpaired) electrons. The third-order valence-corrected chi connectivity index (χ3v) is 10.1. The lowest BCUT2D eigenvalue weighted by molar-refractivity contribution is -0.253. The van der Waals surface area contributed by atoms with Crippen LogP contribution in [-0.2, 0) is 16.1 Å². The van der Waals surface area contributed by atoms with Crippen molar-refractivity contribution in [3.63, 3.8) is 0 Å². The Kier molecular flexibility index (Phi) is 10.5. The number of urea groups is 1. The average molecular weight is 726 g/mol. The van der Waals surface area contributed by atoms with Gasteiger partial charge in [-0.3, -0.25) is 4.57 Å². The summed E-state index contributed by atoms with van der Waals surface area (Å²) in [6, 6.07) is 39.7. The summed E-state index contributed by atoms with van der Waals surface area (Å²) in [6.07, 6.45) is 1.34. The highest BCUT2D eigenvalue weighted by Gasteiger charge is 2.34.